The van der Waals surface area contributed by atoms with Gasteiger partial charge in [0.15, 0.2) is 0 Å². The topological polar surface area (TPSA) is 118 Å². The summed E-state index contributed by atoms with van der Waals surface area (Å²) in [5.74, 6) is 1.76. The molecule has 0 saturated heterocycles. The Balaban J connectivity index is 1.02. The van der Waals surface area contributed by atoms with Crippen molar-refractivity contribution in [3.05, 3.63) is 97.1 Å². The van der Waals surface area contributed by atoms with Gasteiger partial charge in [-0.05, 0) is 97.1 Å². The summed E-state index contributed by atoms with van der Waals surface area (Å²) >= 11 is 0. The molecule has 4 N–H and O–H groups in total. The molecule has 4 rings (SSSR count). The molecule has 0 aliphatic carbocycles. The predicted octanol–water partition coefficient (Wildman–Crippen LogP) is 6.87. The zero-order valence-corrected chi connectivity index (χ0v) is 26.2. The van der Waals surface area contributed by atoms with E-state index in [1.165, 1.54) is 0 Å². The first-order valence-corrected chi connectivity index (χ1v) is 17.5. The number of aromatic hydroxyl groups is 2. The fourth-order valence-electron chi connectivity index (χ4n) is 3.29. The Hall–Kier alpha value is -2.68. The Kier molecular flexibility index (Phi) is 14.1. The van der Waals surface area contributed by atoms with E-state index in [4.69, 9.17) is 18.9 Å². The van der Waals surface area contributed by atoms with Crippen LogP contribution in [0.15, 0.2) is 117 Å². The number of aliphatic hydroxyl groups is 2. The highest BCUT2D eigenvalue weighted by molar-refractivity contribution is 8.77. The van der Waals surface area contributed by atoms with Crippen LogP contribution in [0.3, 0.4) is 0 Å². The Morgan fingerprint density at radius 1 is 0.442 bits per heavy atom. The first-order valence-electron chi connectivity index (χ1n) is 13.2. The quantitative estimate of drug-likeness (QED) is 0.0507. The highest BCUT2D eigenvalue weighted by Gasteiger charge is 2.09. The van der Waals surface area contributed by atoms with Crippen molar-refractivity contribution in [2.75, 3.05) is 33.2 Å². The minimum Gasteiger partial charge on any atom is -0.508 e. The summed E-state index contributed by atoms with van der Waals surface area (Å²) in [7, 11) is 6.38. The van der Waals surface area contributed by atoms with E-state index in [0.717, 1.165) is 19.6 Å². The summed E-state index contributed by atoms with van der Waals surface area (Å²) in [5.41, 5.74) is 0. The lowest BCUT2D eigenvalue weighted by Gasteiger charge is -2.15. The van der Waals surface area contributed by atoms with E-state index < -0.39 is 12.2 Å². The van der Waals surface area contributed by atoms with Crippen LogP contribution in [-0.2, 0) is 9.47 Å². The molecular weight excluding hydrogens is 629 g/mol. The minimum absolute atomic E-state index is 0.0270. The lowest BCUT2D eigenvalue weighted by atomic mass is 10.3. The molecule has 2 atom stereocenters. The molecule has 8 nitrogen and oxygen atoms in total. The third-order valence-corrected chi connectivity index (χ3v) is 10.3. The number of benzene rings is 4. The van der Waals surface area contributed by atoms with Crippen LogP contribution in [0.4, 0.5) is 0 Å². The number of hydrogen-bond donors (Lipinski definition) is 4. The molecule has 0 amide bonds. The van der Waals surface area contributed by atoms with Gasteiger partial charge in [0.05, 0.1) is 13.2 Å². The molecule has 0 aliphatic heterocycles. The van der Waals surface area contributed by atoms with E-state index in [0.29, 0.717) is 11.5 Å². The van der Waals surface area contributed by atoms with Crippen LogP contribution in [0.25, 0.3) is 0 Å². The van der Waals surface area contributed by atoms with Crippen molar-refractivity contribution in [3.8, 4) is 23.0 Å². The van der Waals surface area contributed by atoms with E-state index >= 15 is 0 Å². The molecule has 0 radical (unpaired) electrons. The van der Waals surface area contributed by atoms with Gasteiger partial charge in [-0.3, -0.25) is 0 Å². The lowest BCUT2D eigenvalue weighted by molar-refractivity contribution is -0.104. The molecule has 12 heteroatoms. The molecule has 0 spiro atoms. The fourth-order valence-corrected chi connectivity index (χ4v) is 7.15. The number of phenolic OH excluding ortho intramolecular Hbond substituents is 2. The number of phenols is 2. The number of rotatable bonds is 18. The van der Waals surface area contributed by atoms with E-state index in [9.17, 15) is 20.4 Å². The van der Waals surface area contributed by atoms with Gasteiger partial charge in [0, 0.05) is 19.6 Å². The van der Waals surface area contributed by atoms with Crippen LogP contribution in [-0.4, -0.2) is 65.9 Å². The second kappa shape index (κ2) is 18.2. The van der Waals surface area contributed by atoms with Crippen LogP contribution in [0, 0.1) is 0 Å². The van der Waals surface area contributed by atoms with Crippen molar-refractivity contribution in [1.29, 1.82) is 0 Å². The van der Waals surface area contributed by atoms with Crippen LogP contribution in [0.1, 0.15) is 0 Å². The van der Waals surface area contributed by atoms with Gasteiger partial charge in [0.1, 0.15) is 55.2 Å². The maximum absolute atomic E-state index is 10.1. The van der Waals surface area contributed by atoms with Crippen LogP contribution >= 0.6 is 43.2 Å². The first-order chi connectivity index (χ1) is 20.9. The molecule has 0 bridgehead atoms. The molecular formula is C31H32O8S4. The van der Waals surface area contributed by atoms with Gasteiger partial charge in [0.25, 0.3) is 0 Å². The molecule has 2 unspecified atom stereocenters. The van der Waals surface area contributed by atoms with Crippen molar-refractivity contribution >= 4 is 43.2 Å². The van der Waals surface area contributed by atoms with Crippen molar-refractivity contribution in [2.45, 2.75) is 31.8 Å². The summed E-state index contributed by atoms with van der Waals surface area (Å²) in [4.78, 5) is 4.18. The number of hydrogen-bond acceptors (Lipinski definition) is 12. The Bertz CT molecular complexity index is 1240. The second-order valence-electron chi connectivity index (χ2n) is 9.05. The summed E-state index contributed by atoms with van der Waals surface area (Å²) in [5, 5.41) is 39.0. The smallest absolute Gasteiger partial charge is 0.146 e. The Morgan fingerprint density at radius 2 is 0.744 bits per heavy atom. The van der Waals surface area contributed by atoms with Crippen LogP contribution in [0.5, 0.6) is 23.0 Å². The molecule has 228 valence electrons. The number of aliphatic hydroxyl groups excluding tert-OH is 2. The SMILES string of the molecule is Oc1ccc(SSc2ccc(OCC(O)COCOCC(O)COc3ccc(SSc4ccc(O)cc4)cc3)cc2)cc1. The van der Waals surface area contributed by atoms with Gasteiger partial charge in [-0.1, -0.05) is 43.2 Å². The average molecular weight is 661 g/mol. The largest absolute Gasteiger partial charge is 0.508 e. The molecule has 0 saturated carbocycles. The summed E-state index contributed by atoms with van der Waals surface area (Å²) in [6.07, 6.45) is -1.67. The summed E-state index contributed by atoms with van der Waals surface area (Å²) in [6, 6.07) is 29.2. The summed E-state index contributed by atoms with van der Waals surface area (Å²) in [6.45, 7) is 0.109. The predicted molar refractivity (Wildman–Crippen MR) is 172 cm³/mol. The van der Waals surface area contributed by atoms with E-state index in [1.807, 2.05) is 72.8 Å². The van der Waals surface area contributed by atoms with E-state index in [-0.39, 0.29) is 44.7 Å². The molecule has 43 heavy (non-hydrogen) atoms. The third-order valence-electron chi connectivity index (χ3n) is 5.46. The molecule has 4 aromatic rings. The molecule has 0 aromatic heterocycles. The normalized spacial score (nSPS) is 12.5. The van der Waals surface area contributed by atoms with Crippen LogP contribution < -0.4 is 9.47 Å². The van der Waals surface area contributed by atoms with Crippen molar-refractivity contribution < 1.29 is 39.4 Å². The summed E-state index contributed by atoms with van der Waals surface area (Å²) < 4.78 is 21.9. The van der Waals surface area contributed by atoms with Gasteiger partial charge in [0.2, 0.25) is 0 Å². The molecule has 0 fully saturated rings. The maximum Gasteiger partial charge on any atom is 0.146 e. The minimum atomic E-state index is -0.836. The fraction of sp³-hybridized carbons (Fsp3) is 0.226. The van der Waals surface area contributed by atoms with Gasteiger partial charge in [-0.15, -0.1) is 0 Å². The van der Waals surface area contributed by atoms with Crippen molar-refractivity contribution in [2.24, 2.45) is 0 Å². The molecule has 0 heterocycles. The van der Waals surface area contributed by atoms with Gasteiger partial charge in [-0.2, -0.15) is 0 Å². The number of ether oxygens (including phenoxy) is 4. The molecule has 0 aliphatic rings. The highest BCUT2D eigenvalue weighted by atomic mass is 33.1. The van der Waals surface area contributed by atoms with Crippen molar-refractivity contribution in [1.82, 2.24) is 0 Å². The maximum atomic E-state index is 10.1. The Labute approximate surface area is 266 Å². The monoisotopic (exact) mass is 660 g/mol. The van der Waals surface area contributed by atoms with Gasteiger partial charge in [-0.25, -0.2) is 0 Å². The highest BCUT2D eigenvalue weighted by Crippen LogP contribution is 2.39. The first kappa shape index (κ1) is 33.2. The van der Waals surface area contributed by atoms with Gasteiger partial charge >= 0.3 is 0 Å². The van der Waals surface area contributed by atoms with Crippen LogP contribution in [0.2, 0.25) is 0 Å². The molecule has 4 aromatic carbocycles. The third kappa shape index (κ3) is 12.8. The van der Waals surface area contributed by atoms with Gasteiger partial charge < -0.3 is 39.4 Å². The zero-order chi connectivity index (χ0) is 30.3. The lowest BCUT2D eigenvalue weighted by Crippen LogP contribution is -2.26. The van der Waals surface area contributed by atoms with E-state index in [2.05, 4.69) is 0 Å². The second-order valence-corrected chi connectivity index (χ2v) is 13.6. The standard InChI is InChI=1S/C31H32O8S4/c32-22-1-9-28(10-2-22)40-42-30-13-5-26(6-14-30)38-19-24(34)17-36-21-37-18-25(35)20-39-27-7-15-31(16-8-27)43-41-29-11-3-23(33)4-12-29/h1-16,24-25,32-35H,17-21H2. The van der Waals surface area contributed by atoms with Crippen molar-refractivity contribution in [3.63, 3.8) is 0 Å². The average Bonchev–Trinajstić information content (AvgIpc) is 3.03. The van der Waals surface area contributed by atoms with E-state index in [1.54, 1.807) is 67.4 Å². The zero-order valence-electron chi connectivity index (χ0n) is 23.0. The Morgan fingerprint density at radius 3 is 1.07 bits per heavy atom.